The first-order valence-electron chi connectivity index (χ1n) is 9.91. The van der Waals surface area contributed by atoms with Crippen molar-refractivity contribution in [3.05, 3.63) is 44.7 Å². The van der Waals surface area contributed by atoms with Crippen LogP contribution in [0.2, 0.25) is 0 Å². The van der Waals surface area contributed by atoms with Gasteiger partial charge in [0.1, 0.15) is 15.8 Å². The van der Waals surface area contributed by atoms with Crippen molar-refractivity contribution in [2.45, 2.75) is 40.2 Å². The number of hydrogen-bond acceptors (Lipinski definition) is 7. The second-order valence-electron chi connectivity index (χ2n) is 7.68. The van der Waals surface area contributed by atoms with Gasteiger partial charge in [-0.15, -0.1) is 0 Å². The van der Waals surface area contributed by atoms with Crippen molar-refractivity contribution in [3.8, 4) is 0 Å². The molecule has 160 valence electrons. The van der Waals surface area contributed by atoms with E-state index >= 15 is 0 Å². The van der Waals surface area contributed by atoms with Gasteiger partial charge in [0.25, 0.3) is 11.5 Å². The number of fused-ring (bicyclic) bond motifs is 1. The summed E-state index contributed by atoms with van der Waals surface area (Å²) in [5.41, 5.74) is 1.37. The SMILES string of the molecule is CC[C@H](CO)Nc1nc2c(C)cccn2c(=O)c1/C=C1\SC(=S)N(CC(C)C)C1=O. The first kappa shape index (κ1) is 22.5. The van der Waals surface area contributed by atoms with E-state index in [9.17, 15) is 14.7 Å². The van der Waals surface area contributed by atoms with E-state index in [1.165, 1.54) is 16.2 Å². The number of thiocarbonyl (C=S) groups is 1. The summed E-state index contributed by atoms with van der Waals surface area (Å²) in [7, 11) is 0. The van der Waals surface area contributed by atoms with Crippen molar-refractivity contribution in [1.82, 2.24) is 14.3 Å². The molecule has 3 heterocycles. The van der Waals surface area contributed by atoms with Gasteiger partial charge in [-0.05, 0) is 37.0 Å². The van der Waals surface area contributed by atoms with E-state index in [0.29, 0.717) is 33.7 Å². The Morgan fingerprint density at radius 3 is 2.73 bits per heavy atom. The number of carbonyl (C=O) groups excluding carboxylic acids is 1. The summed E-state index contributed by atoms with van der Waals surface area (Å²) in [5.74, 6) is 0.423. The highest BCUT2D eigenvalue weighted by molar-refractivity contribution is 8.26. The molecule has 2 N–H and O–H groups in total. The molecule has 2 aromatic heterocycles. The molecule has 1 aliphatic heterocycles. The minimum atomic E-state index is -0.284. The molecule has 0 aromatic carbocycles. The number of thioether (sulfide) groups is 1. The average Bonchev–Trinajstić information content (AvgIpc) is 2.96. The van der Waals surface area contributed by atoms with Crippen LogP contribution in [0.3, 0.4) is 0 Å². The molecule has 0 unspecified atom stereocenters. The zero-order chi connectivity index (χ0) is 22.0. The third-order valence-corrected chi connectivity index (χ3v) is 6.21. The summed E-state index contributed by atoms with van der Waals surface area (Å²) in [6.45, 7) is 8.29. The standard InChI is InChI=1S/C21H26N4O3S2/c1-5-14(11-26)22-17-15(19(27)24-8-6-7-13(4)18(24)23-17)9-16-20(28)25(10-12(2)3)21(29)30-16/h6-9,12,14,22,26H,5,10-11H2,1-4H3/b16-9-/t14-/m1/s1. The molecule has 30 heavy (non-hydrogen) atoms. The van der Waals surface area contributed by atoms with Crippen molar-refractivity contribution >= 4 is 51.7 Å². The minimum Gasteiger partial charge on any atom is -0.394 e. The van der Waals surface area contributed by atoms with Gasteiger partial charge in [-0.3, -0.25) is 18.9 Å². The predicted molar refractivity (Wildman–Crippen MR) is 126 cm³/mol. The lowest BCUT2D eigenvalue weighted by molar-refractivity contribution is -0.122. The van der Waals surface area contributed by atoms with E-state index in [2.05, 4.69) is 10.3 Å². The van der Waals surface area contributed by atoms with Crippen LogP contribution >= 0.6 is 24.0 Å². The Morgan fingerprint density at radius 2 is 2.10 bits per heavy atom. The van der Waals surface area contributed by atoms with Gasteiger partial charge < -0.3 is 10.4 Å². The van der Waals surface area contributed by atoms with Crippen LogP contribution in [0.25, 0.3) is 11.7 Å². The van der Waals surface area contributed by atoms with Crippen LogP contribution in [0, 0.1) is 12.8 Å². The van der Waals surface area contributed by atoms with E-state index in [0.717, 1.165) is 5.56 Å². The molecule has 1 saturated heterocycles. The quantitative estimate of drug-likeness (QED) is 0.499. The number of carbonyl (C=O) groups is 1. The fourth-order valence-corrected chi connectivity index (χ4v) is 4.43. The van der Waals surface area contributed by atoms with Gasteiger partial charge in [0.15, 0.2) is 0 Å². The summed E-state index contributed by atoms with van der Waals surface area (Å²) >= 11 is 6.57. The third-order valence-electron chi connectivity index (χ3n) is 4.84. The number of anilines is 1. The van der Waals surface area contributed by atoms with Gasteiger partial charge >= 0.3 is 0 Å². The van der Waals surface area contributed by atoms with Crippen LogP contribution in [-0.2, 0) is 4.79 Å². The van der Waals surface area contributed by atoms with Crippen LogP contribution in [0.5, 0.6) is 0 Å². The number of hydrogen-bond donors (Lipinski definition) is 2. The highest BCUT2D eigenvalue weighted by Crippen LogP contribution is 2.33. The van der Waals surface area contributed by atoms with E-state index in [-0.39, 0.29) is 35.6 Å². The first-order chi connectivity index (χ1) is 14.3. The van der Waals surface area contributed by atoms with E-state index in [1.54, 1.807) is 23.2 Å². The number of rotatable bonds is 7. The normalized spacial score (nSPS) is 16.9. The molecule has 9 heteroatoms. The van der Waals surface area contributed by atoms with Gasteiger partial charge in [0.2, 0.25) is 0 Å². The van der Waals surface area contributed by atoms with E-state index in [4.69, 9.17) is 12.2 Å². The summed E-state index contributed by atoms with van der Waals surface area (Å²) in [5, 5.41) is 12.8. The smallest absolute Gasteiger partial charge is 0.267 e. The van der Waals surface area contributed by atoms with Crippen LogP contribution in [0.1, 0.15) is 38.3 Å². The number of amides is 1. The van der Waals surface area contributed by atoms with Gasteiger partial charge in [0.05, 0.1) is 23.1 Å². The zero-order valence-corrected chi connectivity index (χ0v) is 19.1. The largest absolute Gasteiger partial charge is 0.394 e. The lowest BCUT2D eigenvalue weighted by Gasteiger charge is -2.18. The fraction of sp³-hybridized carbons (Fsp3) is 0.429. The Balaban J connectivity index is 2.15. The molecule has 0 saturated carbocycles. The molecule has 1 aliphatic rings. The molecular formula is C21H26N4O3S2. The lowest BCUT2D eigenvalue weighted by atomic mass is 10.2. The third kappa shape index (κ3) is 4.43. The Labute approximate surface area is 185 Å². The van der Waals surface area contributed by atoms with Gasteiger partial charge in [-0.2, -0.15) is 0 Å². The van der Waals surface area contributed by atoms with Crippen molar-refractivity contribution in [2.24, 2.45) is 5.92 Å². The molecule has 0 bridgehead atoms. The molecule has 7 nitrogen and oxygen atoms in total. The van der Waals surface area contributed by atoms with E-state index in [1.807, 2.05) is 33.8 Å². The fourth-order valence-electron chi connectivity index (χ4n) is 3.18. The van der Waals surface area contributed by atoms with E-state index < -0.39 is 0 Å². The van der Waals surface area contributed by atoms with Crippen molar-refractivity contribution in [2.75, 3.05) is 18.5 Å². The highest BCUT2D eigenvalue weighted by Gasteiger charge is 2.33. The summed E-state index contributed by atoms with van der Waals surface area (Å²) in [6.07, 6.45) is 3.88. The van der Waals surface area contributed by atoms with Crippen LogP contribution in [0.4, 0.5) is 5.82 Å². The average molecular weight is 447 g/mol. The van der Waals surface area contributed by atoms with Crippen LogP contribution in [-0.4, -0.2) is 48.8 Å². The van der Waals surface area contributed by atoms with Crippen LogP contribution in [0.15, 0.2) is 28.0 Å². The first-order valence-corrected chi connectivity index (χ1v) is 11.1. The number of aliphatic hydroxyl groups is 1. The Bertz CT molecular complexity index is 1070. The van der Waals surface area contributed by atoms with Gasteiger partial charge in [-0.25, -0.2) is 4.98 Å². The molecule has 0 spiro atoms. The minimum absolute atomic E-state index is 0.0960. The highest BCUT2D eigenvalue weighted by atomic mass is 32.2. The number of aryl methyl sites for hydroxylation is 1. The number of aliphatic hydroxyl groups excluding tert-OH is 1. The summed E-state index contributed by atoms with van der Waals surface area (Å²) in [6, 6.07) is 3.41. The van der Waals surface area contributed by atoms with Crippen molar-refractivity contribution in [1.29, 1.82) is 0 Å². The van der Waals surface area contributed by atoms with Gasteiger partial charge in [-0.1, -0.05) is 50.8 Å². The monoisotopic (exact) mass is 446 g/mol. The number of nitrogens with one attached hydrogen (secondary N) is 1. The number of pyridine rings is 1. The van der Waals surface area contributed by atoms with Crippen molar-refractivity contribution < 1.29 is 9.90 Å². The predicted octanol–water partition coefficient (Wildman–Crippen LogP) is 3.04. The lowest BCUT2D eigenvalue weighted by Crippen LogP contribution is -2.31. The number of nitrogens with zero attached hydrogens (tertiary/aromatic N) is 3. The maximum atomic E-state index is 13.3. The molecular weight excluding hydrogens is 420 g/mol. The molecule has 0 aliphatic carbocycles. The van der Waals surface area contributed by atoms with Crippen LogP contribution < -0.4 is 10.9 Å². The second-order valence-corrected chi connectivity index (χ2v) is 9.36. The number of aromatic nitrogens is 2. The van der Waals surface area contributed by atoms with Crippen molar-refractivity contribution in [3.63, 3.8) is 0 Å². The maximum Gasteiger partial charge on any atom is 0.267 e. The molecule has 2 aromatic rings. The summed E-state index contributed by atoms with van der Waals surface area (Å²) < 4.78 is 1.96. The zero-order valence-electron chi connectivity index (χ0n) is 17.5. The van der Waals surface area contributed by atoms with Gasteiger partial charge in [0, 0.05) is 12.7 Å². The topological polar surface area (TPSA) is 86.9 Å². The molecule has 1 atom stereocenters. The molecule has 0 radical (unpaired) electrons. The Hall–Kier alpha value is -2.23. The molecule has 3 rings (SSSR count). The Morgan fingerprint density at radius 1 is 1.37 bits per heavy atom. The molecule has 1 amide bonds. The second kappa shape index (κ2) is 9.28. The molecule has 1 fully saturated rings. The Kier molecular flexibility index (Phi) is 6.95. The maximum absolute atomic E-state index is 13.3. The summed E-state index contributed by atoms with van der Waals surface area (Å²) in [4.78, 5) is 32.8.